The number of carbonyl (C=O) groups is 1. The van der Waals surface area contributed by atoms with Crippen LogP contribution in [0.15, 0.2) is 17.3 Å². The van der Waals surface area contributed by atoms with Crippen molar-refractivity contribution in [2.24, 2.45) is 10.7 Å². The number of aliphatic imine (C=N–C) groups is 1. The van der Waals surface area contributed by atoms with Gasteiger partial charge in [-0.25, -0.2) is 4.99 Å². The maximum atomic E-state index is 10.9. The second-order valence-electron chi connectivity index (χ2n) is 2.04. The molecule has 0 amide bonds. The lowest BCUT2D eigenvalue weighted by Gasteiger charge is -2.05. The number of methoxy groups -OCH3 is 1. The lowest BCUT2D eigenvalue weighted by atomic mass is 10.2. The Balaban J connectivity index is 3.92. The predicted molar refractivity (Wildman–Crippen MR) is 51.2 cm³/mol. The summed E-state index contributed by atoms with van der Waals surface area (Å²) in [5, 5.41) is 0. The molecule has 0 saturated heterocycles. The summed E-state index contributed by atoms with van der Waals surface area (Å²) in [6.45, 7) is 3.59. The van der Waals surface area contributed by atoms with Crippen LogP contribution < -0.4 is 5.73 Å². The monoisotopic (exact) mass is 234 g/mol. The first kappa shape index (κ1) is 11.2. The third kappa shape index (κ3) is 4.12. The van der Waals surface area contributed by atoms with Crippen molar-refractivity contribution >= 4 is 28.2 Å². The van der Waals surface area contributed by atoms with Gasteiger partial charge < -0.3 is 10.5 Å². The summed E-state index contributed by atoms with van der Waals surface area (Å²) in [4.78, 5) is 14.2. The van der Waals surface area contributed by atoms with E-state index in [1.54, 1.807) is 0 Å². The first-order chi connectivity index (χ1) is 5.61. The smallest absolute Gasteiger partial charge is 0.319 e. The van der Waals surface area contributed by atoms with E-state index in [0.717, 1.165) is 6.34 Å². The fraction of sp³-hybridized carbons (Fsp3) is 0.429. The van der Waals surface area contributed by atoms with Crippen molar-refractivity contribution in [3.63, 3.8) is 0 Å². The summed E-state index contributed by atoms with van der Waals surface area (Å²) in [7, 11) is 1.32. The van der Waals surface area contributed by atoms with Gasteiger partial charge in [0.25, 0.3) is 0 Å². The molecule has 0 aromatic heterocycles. The van der Waals surface area contributed by atoms with Gasteiger partial charge in [0, 0.05) is 12.1 Å². The maximum absolute atomic E-state index is 10.9. The van der Waals surface area contributed by atoms with Crippen LogP contribution in [-0.4, -0.2) is 24.2 Å². The van der Waals surface area contributed by atoms with Gasteiger partial charge in [-0.3, -0.25) is 4.79 Å². The number of ether oxygens (including phenoxy) is 1. The van der Waals surface area contributed by atoms with Crippen molar-refractivity contribution in [1.82, 2.24) is 0 Å². The Labute approximate surface area is 79.6 Å². The molecule has 0 aliphatic heterocycles. The van der Waals surface area contributed by atoms with Crippen LogP contribution in [0.25, 0.3) is 0 Å². The van der Waals surface area contributed by atoms with E-state index in [1.807, 2.05) is 0 Å². The standard InChI is InChI=1S/C7H11BrN2O2/c1-5(10-4-9)3-6(8)7(11)12-2/h4,6H,1,3H2,2H3,(H2,9,10). The molecule has 68 valence electrons. The third-order valence-electron chi connectivity index (χ3n) is 1.13. The summed E-state index contributed by atoms with van der Waals surface area (Å²) in [6, 6.07) is 0. The van der Waals surface area contributed by atoms with Gasteiger partial charge in [-0.05, 0) is 0 Å². The van der Waals surface area contributed by atoms with Crippen LogP contribution in [0, 0.1) is 0 Å². The van der Waals surface area contributed by atoms with Crippen molar-refractivity contribution in [1.29, 1.82) is 0 Å². The SMILES string of the molecule is C=C(CC(Br)C(=O)OC)N=CN. The summed E-state index contributed by atoms with van der Waals surface area (Å²) >= 11 is 3.12. The first-order valence-electron chi connectivity index (χ1n) is 3.25. The van der Waals surface area contributed by atoms with Gasteiger partial charge in [-0.15, -0.1) is 0 Å². The summed E-state index contributed by atoms with van der Waals surface area (Å²) in [6.07, 6.45) is 1.53. The van der Waals surface area contributed by atoms with Crippen LogP contribution in [0.4, 0.5) is 0 Å². The zero-order valence-electron chi connectivity index (χ0n) is 6.79. The highest BCUT2D eigenvalue weighted by Gasteiger charge is 2.15. The van der Waals surface area contributed by atoms with Gasteiger partial charge in [0.1, 0.15) is 4.83 Å². The molecule has 0 aromatic rings. The quantitative estimate of drug-likeness (QED) is 0.339. The van der Waals surface area contributed by atoms with Crippen LogP contribution in [0.1, 0.15) is 6.42 Å². The molecule has 0 heterocycles. The molecule has 0 radical (unpaired) electrons. The predicted octanol–water partition coefficient (Wildman–Crippen LogP) is 0.814. The molecule has 1 unspecified atom stereocenters. The summed E-state index contributed by atoms with van der Waals surface area (Å²) < 4.78 is 4.48. The molecule has 0 aliphatic carbocycles. The minimum absolute atomic E-state index is 0.344. The summed E-state index contributed by atoms with van der Waals surface area (Å²) in [5.41, 5.74) is 5.56. The van der Waals surface area contributed by atoms with Crippen LogP contribution in [0.5, 0.6) is 0 Å². The van der Waals surface area contributed by atoms with Gasteiger partial charge in [0.15, 0.2) is 0 Å². The Kier molecular flexibility index (Phi) is 5.36. The van der Waals surface area contributed by atoms with E-state index < -0.39 is 4.83 Å². The number of esters is 1. The number of rotatable bonds is 4. The first-order valence-corrected chi connectivity index (χ1v) is 4.17. The number of nitrogens with zero attached hydrogens (tertiary/aromatic N) is 1. The molecule has 0 bridgehead atoms. The fourth-order valence-corrected chi connectivity index (χ4v) is 1.14. The molecule has 5 heteroatoms. The van der Waals surface area contributed by atoms with Gasteiger partial charge in [-0.1, -0.05) is 22.5 Å². The van der Waals surface area contributed by atoms with Gasteiger partial charge in [0.2, 0.25) is 0 Å². The van der Waals surface area contributed by atoms with E-state index in [4.69, 9.17) is 5.73 Å². The average molecular weight is 235 g/mol. The molecule has 1 atom stereocenters. The molecule has 0 aliphatic rings. The molecule has 4 nitrogen and oxygen atoms in total. The van der Waals surface area contributed by atoms with E-state index in [-0.39, 0.29) is 5.97 Å². The number of allylic oxidation sites excluding steroid dienone is 1. The fourth-order valence-electron chi connectivity index (χ4n) is 0.576. The lowest BCUT2D eigenvalue weighted by molar-refractivity contribution is -0.139. The normalized spacial score (nSPS) is 12.8. The number of halogens is 1. The molecular weight excluding hydrogens is 224 g/mol. The van der Waals surface area contributed by atoms with Crippen molar-refractivity contribution in [2.45, 2.75) is 11.2 Å². The molecule has 12 heavy (non-hydrogen) atoms. The Hall–Kier alpha value is -0.840. The second kappa shape index (κ2) is 5.77. The lowest BCUT2D eigenvalue weighted by Crippen LogP contribution is -2.15. The largest absolute Gasteiger partial charge is 0.468 e. The highest BCUT2D eigenvalue weighted by atomic mass is 79.9. The molecule has 0 spiro atoms. The molecule has 0 aromatic carbocycles. The Morgan fingerprint density at radius 3 is 2.92 bits per heavy atom. The van der Waals surface area contributed by atoms with E-state index in [2.05, 4.69) is 32.2 Å². The summed E-state index contributed by atoms with van der Waals surface area (Å²) in [5.74, 6) is -0.344. The number of hydrogen-bond donors (Lipinski definition) is 1. The average Bonchev–Trinajstić information content (AvgIpc) is 2.03. The maximum Gasteiger partial charge on any atom is 0.319 e. The van der Waals surface area contributed by atoms with Crippen LogP contribution >= 0.6 is 15.9 Å². The van der Waals surface area contributed by atoms with Crippen LogP contribution in [-0.2, 0) is 9.53 Å². The van der Waals surface area contributed by atoms with Gasteiger partial charge >= 0.3 is 5.97 Å². The van der Waals surface area contributed by atoms with Crippen molar-refractivity contribution < 1.29 is 9.53 Å². The van der Waals surface area contributed by atoms with Crippen LogP contribution in [0.2, 0.25) is 0 Å². The van der Waals surface area contributed by atoms with Crippen molar-refractivity contribution in [2.75, 3.05) is 7.11 Å². The van der Waals surface area contributed by atoms with E-state index in [1.165, 1.54) is 7.11 Å². The molecule has 0 saturated carbocycles. The molecular formula is C7H11BrN2O2. The minimum Gasteiger partial charge on any atom is -0.468 e. The van der Waals surface area contributed by atoms with E-state index in [0.29, 0.717) is 12.1 Å². The highest BCUT2D eigenvalue weighted by molar-refractivity contribution is 9.10. The van der Waals surface area contributed by atoms with Crippen molar-refractivity contribution in [3.8, 4) is 0 Å². The zero-order valence-corrected chi connectivity index (χ0v) is 8.37. The minimum atomic E-state index is -0.404. The second-order valence-corrected chi connectivity index (χ2v) is 3.14. The number of nitrogens with two attached hydrogens (primary N) is 1. The zero-order chi connectivity index (χ0) is 9.56. The molecule has 0 rings (SSSR count). The van der Waals surface area contributed by atoms with E-state index in [9.17, 15) is 4.79 Å². The number of hydrogen-bond acceptors (Lipinski definition) is 3. The van der Waals surface area contributed by atoms with E-state index >= 15 is 0 Å². The molecule has 0 fully saturated rings. The van der Waals surface area contributed by atoms with Gasteiger partial charge in [0.05, 0.1) is 13.4 Å². The Morgan fingerprint density at radius 1 is 1.92 bits per heavy atom. The highest BCUT2D eigenvalue weighted by Crippen LogP contribution is 2.13. The molecule has 2 N–H and O–H groups in total. The number of carbonyl (C=O) groups excluding carboxylic acids is 1. The number of alkyl halides is 1. The Morgan fingerprint density at radius 2 is 2.50 bits per heavy atom. The van der Waals surface area contributed by atoms with Crippen LogP contribution in [0.3, 0.4) is 0 Å². The topological polar surface area (TPSA) is 64.7 Å². The van der Waals surface area contributed by atoms with Gasteiger partial charge in [-0.2, -0.15) is 0 Å². The van der Waals surface area contributed by atoms with Crippen molar-refractivity contribution in [3.05, 3.63) is 12.3 Å². The third-order valence-corrected chi connectivity index (χ3v) is 1.83. The Bertz CT molecular complexity index is 204.